The standard InChI is InChI=1S/C20H14N4O/c1-25-20-19-23-22-18(16-10-6-3-7-11-16)24(19)14-17(21-20)13-12-15-8-4-2-5-9-15/h2-11,14H,1H3. The fraction of sp³-hybridized carbons (Fsp3) is 0.0500. The van der Waals surface area contributed by atoms with Crippen molar-refractivity contribution in [3.05, 3.63) is 78.1 Å². The molecule has 25 heavy (non-hydrogen) atoms. The van der Waals surface area contributed by atoms with Crippen LogP contribution in [0.5, 0.6) is 5.88 Å². The molecule has 0 atom stereocenters. The maximum atomic E-state index is 5.37. The number of methoxy groups -OCH3 is 1. The van der Waals surface area contributed by atoms with Gasteiger partial charge in [-0.25, -0.2) is 0 Å². The molecule has 2 heterocycles. The summed E-state index contributed by atoms with van der Waals surface area (Å²) >= 11 is 0. The number of fused-ring (bicyclic) bond motifs is 1. The first-order chi connectivity index (χ1) is 12.3. The third-order valence-corrected chi connectivity index (χ3v) is 3.69. The normalized spacial score (nSPS) is 10.3. The average molecular weight is 326 g/mol. The summed E-state index contributed by atoms with van der Waals surface area (Å²) in [6.45, 7) is 0. The van der Waals surface area contributed by atoms with Gasteiger partial charge in [0, 0.05) is 17.3 Å². The van der Waals surface area contributed by atoms with Crippen LogP contribution in [0.2, 0.25) is 0 Å². The van der Waals surface area contributed by atoms with E-state index >= 15 is 0 Å². The third-order valence-electron chi connectivity index (χ3n) is 3.69. The predicted octanol–water partition coefficient (Wildman–Crippen LogP) is 3.20. The van der Waals surface area contributed by atoms with Gasteiger partial charge >= 0.3 is 0 Å². The van der Waals surface area contributed by atoms with Crippen molar-refractivity contribution >= 4 is 5.65 Å². The van der Waals surface area contributed by atoms with E-state index < -0.39 is 0 Å². The molecule has 2 aromatic heterocycles. The van der Waals surface area contributed by atoms with Crippen molar-refractivity contribution in [1.29, 1.82) is 0 Å². The third kappa shape index (κ3) is 2.93. The summed E-state index contributed by atoms with van der Waals surface area (Å²) in [5.41, 5.74) is 3.04. The number of rotatable bonds is 2. The van der Waals surface area contributed by atoms with Crippen molar-refractivity contribution in [2.45, 2.75) is 0 Å². The second-order valence-electron chi connectivity index (χ2n) is 5.33. The number of hydrogen-bond donors (Lipinski definition) is 0. The molecule has 0 bridgehead atoms. The van der Waals surface area contributed by atoms with E-state index in [-0.39, 0.29) is 0 Å². The number of ether oxygens (including phenoxy) is 1. The van der Waals surface area contributed by atoms with Crippen LogP contribution in [-0.2, 0) is 0 Å². The lowest BCUT2D eigenvalue weighted by Gasteiger charge is -2.04. The Balaban J connectivity index is 1.85. The van der Waals surface area contributed by atoms with Crippen LogP contribution in [0.15, 0.2) is 66.9 Å². The Morgan fingerprint density at radius 2 is 1.60 bits per heavy atom. The summed E-state index contributed by atoms with van der Waals surface area (Å²) in [7, 11) is 1.56. The number of hydrogen-bond acceptors (Lipinski definition) is 4. The maximum Gasteiger partial charge on any atom is 0.261 e. The Morgan fingerprint density at radius 1 is 0.880 bits per heavy atom. The van der Waals surface area contributed by atoms with E-state index in [1.54, 1.807) is 7.11 Å². The first-order valence-electron chi connectivity index (χ1n) is 7.77. The summed E-state index contributed by atoms with van der Waals surface area (Å²) < 4.78 is 7.22. The Labute approximate surface area is 144 Å². The second kappa shape index (κ2) is 6.46. The lowest BCUT2D eigenvalue weighted by Crippen LogP contribution is -1.98. The van der Waals surface area contributed by atoms with Crippen molar-refractivity contribution in [1.82, 2.24) is 19.6 Å². The molecule has 120 valence electrons. The summed E-state index contributed by atoms with van der Waals surface area (Å²) in [6.07, 6.45) is 1.83. The van der Waals surface area contributed by atoms with Crippen LogP contribution < -0.4 is 4.74 Å². The van der Waals surface area contributed by atoms with Crippen molar-refractivity contribution in [3.63, 3.8) is 0 Å². The fourth-order valence-electron chi connectivity index (χ4n) is 2.51. The highest BCUT2D eigenvalue weighted by Gasteiger charge is 2.14. The lowest BCUT2D eigenvalue weighted by atomic mass is 10.2. The number of benzene rings is 2. The smallest absolute Gasteiger partial charge is 0.261 e. The number of nitrogens with zero attached hydrogens (tertiary/aromatic N) is 4. The Morgan fingerprint density at radius 3 is 2.32 bits per heavy atom. The van der Waals surface area contributed by atoms with Gasteiger partial charge in [0.05, 0.1) is 7.11 Å². The van der Waals surface area contributed by atoms with E-state index in [0.29, 0.717) is 17.2 Å². The molecule has 0 unspecified atom stereocenters. The molecule has 0 radical (unpaired) electrons. The zero-order valence-corrected chi connectivity index (χ0v) is 13.5. The van der Waals surface area contributed by atoms with E-state index in [0.717, 1.165) is 17.0 Å². The van der Waals surface area contributed by atoms with Crippen LogP contribution >= 0.6 is 0 Å². The van der Waals surface area contributed by atoms with Gasteiger partial charge in [0.15, 0.2) is 5.82 Å². The summed E-state index contributed by atoms with van der Waals surface area (Å²) in [6, 6.07) is 19.6. The molecule has 0 aliphatic carbocycles. The van der Waals surface area contributed by atoms with Gasteiger partial charge in [0.1, 0.15) is 5.69 Å². The number of aromatic nitrogens is 4. The zero-order valence-electron chi connectivity index (χ0n) is 13.5. The van der Waals surface area contributed by atoms with E-state index in [2.05, 4.69) is 27.0 Å². The van der Waals surface area contributed by atoms with Gasteiger partial charge in [-0.2, -0.15) is 4.98 Å². The van der Waals surface area contributed by atoms with Gasteiger partial charge in [-0.1, -0.05) is 54.5 Å². The molecule has 5 heteroatoms. The minimum absolute atomic E-state index is 0.398. The summed E-state index contributed by atoms with van der Waals surface area (Å²) in [5, 5.41) is 8.48. The van der Waals surface area contributed by atoms with Gasteiger partial charge < -0.3 is 4.74 Å². The molecule has 0 spiro atoms. The summed E-state index contributed by atoms with van der Waals surface area (Å²) in [4.78, 5) is 4.42. The lowest BCUT2D eigenvalue weighted by molar-refractivity contribution is 0.399. The molecular formula is C20H14N4O. The van der Waals surface area contributed by atoms with Gasteiger partial charge in [-0.15, -0.1) is 10.2 Å². The highest BCUT2D eigenvalue weighted by atomic mass is 16.5. The molecule has 0 aliphatic heterocycles. The second-order valence-corrected chi connectivity index (χ2v) is 5.33. The minimum Gasteiger partial charge on any atom is -0.478 e. The monoisotopic (exact) mass is 326 g/mol. The first kappa shape index (κ1) is 14.9. The van der Waals surface area contributed by atoms with Crippen molar-refractivity contribution in [2.24, 2.45) is 0 Å². The Bertz CT molecular complexity index is 1080. The van der Waals surface area contributed by atoms with Crippen LogP contribution in [0, 0.1) is 11.8 Å². The van der Waals surface area contributed by atoms with Crippen molar-refractivity contribution in [2.75, 3.05) is 7.11 Å². The van der Waals surface area contributed by atoms with Gasteiger partial charge in [-0.05, 0) is 18.1 Å². The van der Waals surface area contributed by atoms with E-state index in [4.69, 9.17) is 4.74 Å². The van der Waals surface area contributed by atoms with Gasteiger partial charge in [0.25, 0.3) is 5.88 Å². The molecule has 0 fully saturated rings. The van der Waals surface area contributed by atoms with E-state index in [1.807, 2.05) is 71.3 Å². The van der Waals surface area contributed by atoms with Crippen LogP contribution in [0.3, 0.4) is 0 Å². The van der Waals surface area contributed by atoms with Crippen LogP contribution in [0.4, 0.5) is 0 Å². The molecule has 0 N–H and O–H groups in total. The highest BCUT2D eigenvalue weighted by Crippen LogP contribution is 2.22. The van der Waals surface area contributed by atoms with Gasteiger partial charge in [-0.3, -0.25) is 4.40 Å². The Kier molecular flexibility index (Phi) is 3.85. The largest absolute Gasteiger partial charge is 0.478 e. The van der Waals surface area contributed by atoms with Crippen LogP contribution in [0.1, 0.15) is 11.3 Å². The van der Waals surface area contributed by atoms with E-state index in [9.17, 15) is 0 Å². The van der Waals surface area contributed by atoms with Gasteiger partial charge in [0.2, 0.25) is 5.65 Å². The van der Waals surface area contributed by atoms with Crippen LogP contribution in [0.25, 0.3) is 17.0 Å². The topological polar surface area (TPSA) is 52.3 Å². The average Bonchev–Trinajstić information content (AvgIpc) is 3.11. The molecule has 4 aromatic rings. The molecule has 0 aliphatic rings. The molecule has 4 rings (SSSR count). The molecule has 5 nitrogen and oxygen atoms in total. The summed E-state index contributed by atoms with van der Waals surface area (Å²) in [5.74, 6) is 7.30. The quantitative estimate of drug-likeness (QED) is 0.531. The first-order valence-corrected chi connectivity index (χ1v) is 7.77. The molecular weight excluding hydrogens is 312 g/mol. The maximum absolute atomic E-state index is 5.37. The fourth-order valence-corrected chi connectivity index (χ4v) is 2.51. The zero-order chi connectivity index (χ0) is 17.1. The molecule has 0 saturated carbocycles. The Hall–Kier alpha value is -3.65. The SMILES string of the molecule is COc1nc(C#Cc2ccccc2)cn2c(-c3ccccc3)nnc12. The van der Waals surface area contributed by atoms with Crippen molar-refractivity contribution < 1.29 is 4.74 Å². The highest BCUT2D eigenvalue weighted by molar-refractivity contribution is 5.62. The molecule has 0 amide bonds. The molecule has 2 aromatic carbocycles. The van der Waals surface area contributed by atoms with Crippen LogP contribution in [-0.4, -0.2) is 26.7 Å². The minimum atomic E-state index is 0.398. The van der Waals surface area contributed by atoms with Crippen molar-refractivity contribution in [3.8, 4) is 29.1 Å². The van der Waals surface area contributed by atoms with E-state index in [1.165, 1.54) is 0 Å². The predicted molar refractivity (Wildman–Crippen MR) is 95.2 cm³/mol. The molecule has 0 saturated heterocycles.